The number of rotatable bonds is 3. The lowest BCUT2D eigenvalue weighted by atomic mass is 10.3. The van der Waals surface area contributed by atoms with Crippen LogP contribution in [0.1, 0.15) is 0 Å². The zero-order valence-electron chi connectivity index (χ0n) is 10.2. The Hall–Kier alpha value is -2.23. The van der Waals surface area contributed by atoms with Crippen LogP contribution in [0.5, 0.6) is 5.75 Å². The monoisotopic (exact) mass is 342 g/mol. The molecule has 22 heavy (non-hydrogen) atoms. The predicted octanol–water partition coefficient (Wildman–Crippen LogP) is 3.29. The van der Waals surface area contributed by atoms with E-state index in [0.717, 1.165) is 18.2 Å². The van der Waals surface area contributed by atoms with Gasteiger partial charge >= 0.3 is 10.1 Å². The Morgan fingerprint density at radius 3 is 1.77 bits per heavy atom. The van der Waals surface area contributed by atoms with Gasteiger partial charge in [-0.2, -0.15) is 17.2 Å². The standard InChI is InChI=1S/C12H4F6O3S/c13-5-2-1-3-6(4-5)22(19,20)21-12-10(17)8(15)7(14)9(16)11(12)18/h1-4H. The molecule has 0 N–H and O–H groups in total. The van der Waals surface area contributed by atoms with Gasteiger partial charge in [0.1, 0.15) is 10.7 Å². The summed E-state index contributed by atoms with van der Waals surface area (Å²) in [5, 5.41) is 0. The number of benzene rings is 2. The van der Waals surface area contributed by atoms with Crippen molar-refractivity contribution in [3.63, 3.8) is 0 Å². The highest BCUT2D eigenvalue weighted by Crippen LogP contribution is 2.31. The first-order chi connectivity index (χ1) is 10.1. The molecule has 0 fully saturated rings. The summed E-state index contributed by atoms with van der Waals surface area (Å²) in [5.74, 6) is -15.1. The number of hydrogen-bond acceptors (Lipinski definition) is 3. The first-order valence-corrected chi connectivity index (χ1v) is 6.77. The van der Waals surface area contributed by atoms with Gasteiger partial charge in [0.15, 0.2) is 0 Å². The van der Waals surface area contributed by atoms with Gasteiger partial charge in [-0.15, -0.1) is 0 Å². The Kier molecular flexibility index (Phi) is 4.05. The van der Waals surface area contributed by atoms with Crippen molar-refractivity contribution in [2.45, 2.75) is 4.90 Å². The van der Waals surface area contributed by atoms with E-state index in [-0.39, 0.29) is 0 Å². The maximum Gasteiger partial charge on any atom is 0.339 e. The van der Waals surface area contributed by atoms with Crippen molar-refractivity contribution in [3.05, 3.63) is 59.2 Å². The molecule has 0 unspecified atom stereocenters. The molecule has 0 aliphatic rings. The lowest BCUT2D eigenvalue weighted by Crippen LogP contribution is -2.14. The molecule has 0 saturated carbocycles. The molecule has 0 radical (unpaired) electrons. The third kappa shape index (κ3) is 2.73. The maximum atomic E-state index is 13.3. The van der Waals surface area contributed by atoms with Gasteiger partial charge in [0.05, 0.1) is 0 Å². The highest BCUT2D eigenvalue weighted by molar-refractivity contribution is 7.87. The molecule has 0 saturated heterocycles. The second kappa shape index (κ2) is 5.52. The van der Waals surface area contributed by atoms with E-state index in [1.54, 1.807) is 0 Å². The van der Waals surface area contributed by atoms with Crippen LogP contribution in [0.3, 0.4) is 0 Å². The summed E-state index contributed by atoms with van der Waals surface area (Å²) in [7, 11) is -5.00. The molecule has 2 rings (SSSR count). The van der Waals surface area contributed by atoms with Gasteiger partial charge in [-0.05, 0) is 18.2 Å². The molecule has 0 spiro atoms. The first kappa shape index (κ1) is 16.1. The topological polar surface area (TPSA) is 43.4 Å². The molecule has 0 aliphatic carbocycles. The molecule has 118 valence electrons. The molecule has 0 aliphatic heterocycles. The van der Waals surface area contributed by atoms with E-state index < -0.39 is 55.7 Å². The second-order valence-corrected chi connectivity index (χ2v) is 5.44. The lowest BCUT2D eigenvalue weighted by molar-refractivity contribution is 0.346. The Morgan fingerprint density at radius 1 is 0.773 bits per heavy atom. The van der Waals surface area contributed by atoms with Crippen molar-refractivity contribution >= 4 is 10.1 Å². The fraction of sp³-hybridized carbons (Fsp3) is 0. The van der Waals surface area contributed by atoms with Crippen molar-refractivity contribution in [1.82, 2.24) is 0 Å². The van der Waals surface area contributed by atoms with Crippen molar-refractivity contribution in [2.24, 2.45) is 0 Å². The highest BCUT2D eigenvalue weighted by atomic mass is 32.2. The summed E-state index contributed by atoms with van der Waals surface area (Å²) >= 11 is 0. The van der Waals surface area contributed by atoms with Crippen molar-refractivity contribution in [3.8, 4) is 5.75 Å². The summed E-state index contributed by atoms with van der Waals surface area (Å²) in [6.45, 7) is 0. The summed E-state index contributed by atoms with van der Waals surface area (Å²) in [6.07, 6.45) is 0. The average molecular weight is 342 g/mol. The van der Waals surface area contributed by atoms with Crippen LogP contribution in [0.4, 0.5) is 26.3 Å². The van der Waals surface area contributed by atoms with E-state index in [9.17, 15) is 34.8 Å². The Bertz CT molecular complexity index is 821. The summed E-state index contributed by atoms with van der Waals surface area (Å²) in [5.41, 5.74) is 0. The van der Waals surface area contributed by atoms with Gasteiger partial charge in [-0.1, -0.05) is 6.07 Å². The zero-order chi connectivity index (χ0) is 16.7. The molecule has 10 heteroatoms. The van der Waals surface area contributed by atoms with Gasteiger partial charge in [0, 0.05) is 0 Å². The Morgan fingerprint density at radius 2 is 1.27 bits per heavy atom. The molecule has 0 amide bonds. The van der Waals surface area contributed by atoms with E-state index in [1.165, 1.54) is 0 Å². The minimum absolute atomic E-state index is 0.446. The van der Waals surface area contributed by atoms with Gasteiger partial charge < -0.3 is 4.18 Å². The third-order valence-electron chi connectivity index (χ3n) is 2.45. The van der Waals surface area contributed by atoms with Crippen LogP contribution >= 0.6 is 0 Å². The first-order valence-electron chi connectivity index (χ1n) is 5.36. The van der Waals surface area contributed by atoms with Crippen LogP contribution in [0, 0.1) is 34.9 Å². The van der Waals surface area contributed by atoms with Gasteiger partial charge in [0.25, 0.3) is 0 Å². The minimum Gasteiger partial charge on any atom is -0.372 e. The summed E-state index contributed by atoms with van der Waals surface area (Å²) in [4.78, 5) is -0.864. The normalized spacial score (nSPS) is 11.5. The van der Waals surface area contributed by atoms with E-state index in [2.05, 4.69) is 4.18 Å². The van der Waals surface area contributed by atoms with Crippen LogP contribution in [0.15, 0.2) is 29.2 Å². The minimum atomic E-state index is -5.00. The molecule has 2 aromatic rings. The van der Waals surface area contributed by atoms with Gasteiger partial charge in [0.2, 0.25) is 34.8 Å². The predicted molar refractivity (Wildman–Crippen MR) is 60.4 cm³/mol. The SMILES string of the molecule is O=S(=O)(Oc1c(F)c(F)c(F)c(F)c1F)c1cccc(F)c1. The Balaban J connectivity index is 2.56. The molecule has 0 bridgehead atoms. The van der Waals surface area contributed by atoms with Crippen molar-refractivity contribution in [1.29, 1.82) is 0 Å². The van der Waals surface area contributed by atoms with Crippen molar-refractivity contribution in [2.75, 3.05) is 0 Å². The van der Waals surface area contributed by atoms with Gasteiger partial charge in [-0.3, -0.25) is 0 Å². The van der Waals surface area contributed by atoms with Crippen LogP contribution in [0.25, 0.3) is 0 Å². The Labute approximate surface area is 119 Å². The summed E-state index contributed by atoms with van der Waals surface area (Å²) < 4.78 is 106. The van der Waals surface area contributed by atoms with Gasteiger partial charge in [-0.25, -0.2) is 17.6 Å². The van der Waals surface area contributed by atoms with Crippen molar-refractivity contribution < 1.29 is 38.9 Å². The number of halogens is 6. The summed E-state index contributed by atoms with van der Waals surface area (Å²) in [6, 6.07) is 3.08. The lowest BCUT2D eigenvalue weighted by Gasteiger charge is -2.10. The van der Waals surface area contributed by atoms with E-state index in [0.29, 0.717) is 6.07 Å². The van der Waals surface area contributed by atoms with E-state index >= 15 is 0 Å². The van der Waals surface area contributed by atoms with E-state index in [1.807, 2.05) is 0 Å². The van der Waals surface area contributed by atoms with Crippen LogP contribution in [0.2, 0.25) is 0 Å². The molecule has 2 aromatic carbocycles. The second-order valence-electron chi connectivity index (χ2n) is 3.89. The van der Waals surface area contributed by atoms with Crippen LogP contribution in [-0.4, -0.2) is 8.42 Å². The average Bonchev–Trinajstić information content (AvgIpc) is 2.48. The third-order valence-corrected chi connectivity index (χ3v) is 3.66. The molecular formula is C12H4F6O3S. The largest absolute Gasteiger partial charge is 0.372 e. The molecule has 0 heterocycles. The van der Waals surface area contributed by atoms with Crippen LogP contribution < -0.4 is 4.18 Å². The number of hydrogen-bond donors (Lipinski definition) is 0. The fourth-order valence-electron chi connectivity index (χ4n) is 1.44. The fourth-order valence-corrected chi connectivity index (χ4v) is 2.40. The van der Waals surface area contributed by atoms with Crippen LogP contribution in [-0.2, 0) is 10.1 Å². The highest BCUT2D eigenvalue weighted by Gasteiger charge is 2.31. The molecular weight excluding hydrogens is 338 g/mol. The quantitative estimate of drug-likeness (QED) is 0.372. The zero-order valence-corrected chi connectivity index (χ0v) is 11.0. The maximum absolute atomic E-state index is 13.3. The molecule has 0 atom stereocenters. The smallest absolute Gasteiger partial charge is 0.339 e. The molecule has 3 nitrogen and oxygen atoms in total. The van der Waals surface area contributed by atoms with E-state index in [4.69, 9.17) is 0 Å². The molecule has 0 aromatic heterocycles.